The summed E-state index contributed by atoms with van der Waals surface area (Å²) in [5.41, 5.74) is 4.03. The Morgan fingerprint density at radius 3 is 1.02 bits per heavy atom. The predicted octanol–water partition coefficient (Wildman–Crippen LogP) is 5.79. The van der Waals surface area contributed by atoms with E-state index in [1.54, 1.807) is 0 Å². The Morgan fingerprint density at radius 2 is 0.684 bits per heavy atom. The van der Waals surface area contributed by atoms with Gasteiger partial charge in [0.25, 0.3) is 71.8 Å². The van der Waals surface area contributed by atoms with Crippen molar-refractivity contribution in [2.45, 2.75) is 29.4 Å². The van der Waals surface area contributed by atoms with Crippen molar-refractivity contribution in [3.63, 3.8) is 0 Å². The molecule has 114 heavy (non-hydrogen) atoms. The molecule has 0 radical (unpaired) electrons. The molecule has 4 aromatic heterocycles. The zero-order valence-electron chi connectivity index (χ0n) is 57.5. The molecule has 0 bridgehead atoms. The molecule has 0 aliphatic heterocycles. The van der Waals surface area contributed by atoms with Crippen LogP contribution in [-0.4, -0.2) is 153 Å². The average molecular weight is 1670 g/mol. The number of fused-ring (bicyclic) bond motifs is 4. The van der Waals surface area contributed by atoms with Crippen LogP contribution in [0.5, 0.6) is 0 Å². The number of anilines is 12. The van der Waals surface area contributed by atoms with E-state index in [0.29, 0.717) is 12.1 Å². The molecule has 12 aromatic rings. The van der Waals surface area contributed by atoms with Crippen molar-refractivity contribution in [1.82, 2.24) is 39.0 Å². The molecule has 0 spiro atoms. The highest BCUT2D eigenvalue weighted by Gasteiger charge is 2.39. The topological polar surface area (TPSA) is 640 Å². The number of hydrogen-bond acceptors (Lipinski definition) is 32. The summed E-state index contributed by atoms with van der Waals surface area (Å²) in [5, 5.41) is 15.8. The fourth-order valence-corrected chi connectivity index (χ4v) is 17.0. The van der Waals surface area contributed by atoms with Gasteiger partial charge in [-0.2, -0.15) is 80.4 Å². The summed E-state index contributed by atoms with van der Waals surface area (Å²) in [6.45, 7) is -0.474. The van der Waals surface area contributed by atoms with Gasteiger partial charge >= 0.3 is 0 Å². The summed E-state index contributed by atoms with van der Waals surface area (Å²) in [4.78, 5) is 106. The number of pyridine rings is 2. The minimum atomic E-state index is -5.53. The third-order valence-electron chi connectivity index (χ3n) is 18.0. The molecule has 0 atom stereocenters. The minimum Gasteiger partial charge on any atom is -0.368 e. The van der Waals surface area contributed by atoms with Crippen molar-refractivity contribution in [1.29, 1.82) is 0 Å². The van der Waals surface area contributed by atoms with Gasteiger partial charge < -0.3 is 52.5 Å². The van der Waals surface area contributed by atoms with E-state index in [9.17, 15) is 107 Å². The first-order chi connectivity index (χ1) is 53.5. The first-order valence-electron chi connectivity index (χ1n) is 32.2. The highest BCUT2D eigenvalue weighted by Crippen LogP contribution is 2.48. The second-order valence-electron chi connectivity index (χ2n) is 25.0. The number of benzene rings is 8. The standard InChI is InChI=1S/C68H50N16O24S6/c1-83-43-19-17-37(51-53(43)49(33-13-3-5-15-35(33)59(51)87)55(61(83)89)57(85)29-9-7-11-31(23-29)109(91,92)93)73-39-25-41(47(113(103,104)105)27-45(39)111(97,98)99)75-67-79-63(69)77-65(81-67)71-21-22-72-66-78-64(70)80-68(82-66)76-42-26-40(46(112(100,101)102)28-48(42)114(106,107)108)74-38-18-20-44-54-50(34-14-4-6-16-36(34)60(88)52(38)54)56(62(90)84(44)2)58(86)30-10-8-12-32(24-30)110(94,95)96/h3-20,23-28,73-74H,21-22H2,1-2H3,(H,91,92,93)(H,94,95,96)(H,97,98,99)(H,100,101,102)(H,103,104,105)(H,106,107,108)(H4,69,71,75,77,79,81)(H4,70,72,76,78,80,82). The molecule has 4 heterocycles. The van der Waals surface area contributed by atoms with E-state index in [1.807, 2.05) is 0 Å². The number of nitrogens with one attached hydrogen (secondary N) is 6. The zero-order chi connectivity index (χ0) is 82.1. The summed E-state index contributed by atoms with van der Waals surface area (Å²) in [7, 11) is -29.3. The molecule has 582 valence electrons. The molecule has 8 aromatic carbocycles. The van der Waals surface area contributed by atoms with Gasteiger partial charge in [-0.15, -0.1) is 0 Å². The summed E-state index contributed by atoms with van der Waals surface area (Å²) >= 11 is 0. The summed E-state index contributed by atoms with van der Waals surface area (Å²) in [6, 6.07) is 27.0. The number of aryl methyl sites for hydroxylation is 2. The number of nitrogens with zero attached hydrogens (tertiary/aromatic N) is 8. The summed E-state index contributed by atoms with van der Waals surface area (Å²) in [5.74, 6) is -6.76. The lowest BCUT2D eigenvalue weighted by Crippen LogP contribution is -2.29. The van der Waals surface area contributed by atoms with Gasteiger partial charge in [0.05, 0.1) is 77.2 Å². The maximum absolute atomic E-state index is 14.8. The van der Waals surface area contributed by atoms with Gasteiger partial charge in [-0.3, -0.25) is 56.1 Å². The number of ketones is 4. The molecule has 40 nitrogen and oxygen atoms in total. The number of rotatable bonds is 23. The van der Waals surface area contributed by atoms with Crippen LogP contribution in [0, 0.1) is 0 Å². The first kappa shape index (κ1) is 77.5. The lowest BCUT2D eigenvalue weighted by molar-refractivity contribution is 0.102. The Bertz CT molecular complexity index is 6840. The molecule has 46 heteroatoms. The highest BCUT2D eigenvalue weighted by molar-refractivity contribution is 7.87. The lowest BCUT2D eigenvalue weighted by atomic mass is 9.80. The lowest BCUT2D eigenvalue weighted by Gasteiger charge is -2.26. The van der Waals surface area contributed by atoms with Crippen LogP contribution in [0.25, 0.3) is 44.1 Å². The van der Waals surface area contributed by atoms with Gasteiger partial charge in [-0.05, 0) is 83.9 Å². The number of carbonyl (C=O) groups excluding carboxylic acids is 4. The first-order valence-corrected chi connectivity index (χ1v) is 40.9. The maximum atomic E-state index is 14.8. The molecule has 0 unspecified atom stereocenters. The molecule has 0 fully saturated rings. The Labute approximate surface area is 640 Å². The van der Waals surface area contributed by atoms with E-state index < -0.39 is 182 Å². The van der Waals surface area contributed by atoms with E-state index in [0.717, 1.165) is 57.7 Å². The van der Waals surface area contributed by atoms with Crippen molar-refractivity contribution >= 4 is 175 Å². The molecule has 14 rings (SSSR count). The molecule has 16 N–H and O–H groups in total. The molecule has 0 saturated carbocycles. The third-order valence-corrected chi connectivity index (χ3v) is 23.3. The number of nitrogen functional groups attached to an aromatic ring is 2. The Morgan fingerprint density at radius 1 is 0.360 bits per heavy atom. The molecule has 2 aliphatic rings. The van der Waals surface area contributed by atoms with E-state index >= 15 is 0 Å². The monoisotopic (exact) mass is 1670 g/mol. The summed E-state index contributed by atoms with van der Waals surface area (Å²) in [6.07, 6.45) is 0. The van der Waals surface area contributed by atoms with Crippen LogP contribution in [0.3, 0.4) is 0 Å². The van der Waals surface area contributed by atoms with Crippen molar-refractivity contribution in [3.8, 4) is 22.3 Å². The minimum absolute atomic E-state index is 0.0311. The van der Waals surface area contributed by atoms with Crippen LogP contribution in [0.2, 0.25) is 0 Å². The molecule has 0 saturated heterocycles. The summed E-state index contributed by atoms with van der Waals surface area (Å²) < 4.78 is 218. The van der Waals surface area contributed by atoms with Gasteiger partial charge in [0.2, 0.25) is 35.7 Å². The fourth-order valence-electron chi connectivity index (χ4n) is 13.2. The van der Waals surface area contributed by atoms with Gasteiger partial charge in [-0.1, -0.05) is 72.8 Å². The molecule has 2 aliphatic carbocycles. The number of hydrogen-bond donors (Lipinski definition) is 14. The zero-order valence-corrected chi connectivity index (χ0v) is 62.4. The largest absolute Gasteiger partial charge is 0.368 e. The van der Waals surface area contributed by atoms with E-state index in [1.165, 1.54) is 99.0 Å². The smallest absolute Gasteiger partial charge is 0.296 e. The third kappa shape index (κ3) is 14.2. The Hall–Kier alpha value is -13.3. The second kappa shape index (κ2) is 27.9. The SMILES string of the molecule is Cn1c(=O)c(C(=O)c2cccc(S(=O)(=O)O)c2)c2c3c(c(Nc4cc(Nc5nc(N)nc(NCCNc6nc(N)nc(Nc7cc(Nc8ccc9c%10c8C(=O)c8ccccc8-c%10c(C(=O)c8cccc(S(=O)(=O)O)c8)c(=O)n9C)c(S(=O)(=O)O)cc7S(=O)(=O)O)n6)n5)c(S(=O)(=O)O)cc4S(=O)(=O)O)ccc31)C(=O)c1ccccc1-2. The second-order valence-corrected chi connectivity index (χ2v) is 33.4. The van der Waals surface area contributed by atoms with Gasteiger partial charge in [0.15, 0.2) is 23.1 Å². The van der Waals surface area contributed by atoms with Gasteiger partial charge in [0.1, 0.15) is 19.6 Å². The van der Waals surface area contributed by atoms with E-state index in [-0.39, 0.29) is 114 Å². The van der Waals surface area contributed by atoms with Crippen LogP contribution >= 0.6 is 0 Å². The van der Waals surface area contributed by atoms with Crippen LogP contribution < -0.4 is 54.5 Å². The fraction of sp³-hybridized carbons (Fsp3) is 0.0588. The molecule has 0 amide bonds. The quantitative estimate of drug-likeness (QED) is 0.0205. The number of nitrogens with two attached hydrogens (primary N) is 2. The Balaban J connectivity index is 0.752. The van der Waals surface area contributed by atoms with Crippen molar-refractivity contribution < 1.29 is 97.0 Å². The normalized spacial score (nSPS) is 12.8. The predicted molar refractivity (Wildman–Crippen MR) is 406 cm³/mol. The number of carbonyl (C=O) groups is 4. The molecular formula is C68H50N16O24S6. The van der Waals surface area contributed by atoms with Crippen LogP contribution in [0.4, 0.5) is 69.8 Å². The van der Waals surface area contributed by atoms with Gasteiger partial charge in [-0.25, -0.2) is 0 Å². The van der Waals surface area contributed by atoms with Gasteiger partial charge in [0, 0.05) is 71.3 Å². The average Bonchev–Trinajstić information content (AvgIpc) is 0.709. The van der Waals surface area contributed by atoms with Crippen molar-refractivity contribution in [2.75, 3.05) is 56.5 Å². The van der Waals surface area contributed by atoms with Crippen LogP contribution in [0.15, 0.2) is 185 Å². The van der Waals surface area contributed by atoms with Crippen molar-refractivity contribution in [2.24, 2.45) is 14.1 Å². The Kier molecular flexibility index (Phi) is 18.9. The highest BCUT2D eigenvalue weighted by atomic mass is 32.2. The molecular weight excluding hydrogens is 1620 g/mol. The van der Waals surface area contributed by atoms with E-state index in [2.05, 4.69) is 61.8 Å². The van der Waals surface area contributed by atoms with Crippen molar-refractivity contribution in [3.05, 3.63) is 211 Å². The maximum Gasteiger partial charge on any atom is 0.296 e. The van der Waals surface area contributed by atoms with Crippen LogP contribution in [0.1, 0.15) is 63.7 Å². The number of aromatic nitrogens is 8. The van der Waals surface area contributed by atoms with E-state index in [4.69, 9.17) is 11.5 Å². The van der Waals surface area contributed by atoms with Crippen LogP contribution in [-0.2, 0) is 74.8 Å².